The number of carbonyl (C=O) groups excluding carboxylic acids is 6. The van der Waals surface area contributed by atoms with Gasteiger partial charge in [-0.2, -0.15) is 0 Å². The van der Waals surface area contributed by atoms with Gasteiger partial charge in [0.25, 0.3) is 0 Å². The van der Waals surface area contributed by atoms with Crippen molar-refractivity contribution < 1.29 is 47.7 Å². The predicted octanol–water partition coefficient (Wildman–Crippen LogP) is 24.0. The third-order valence-electron chi connectivity index (χ3n) is 20.5. The average molecular weight is 1540 g/mol. The molecule has 2 amide bonds. The Bertz CT molecular complexity index is 1700. The summed E-state index contributed by atoms with van der Waals surface area (Å²) < 4.78 is 22.7. The van der Waals surface area contributed by atoms with Crippen LogP contribution in [0.25, 0.3) is 0 Å². The van der Waals surface area contributed by atoms with E-state index in [9.17, 15) is 28.8 Å². The van der Waals surface area contributed by atoms with E-state index >= 15 is 0 Å². The molecule has 0 aliphatic carbocycles. The minimum Gasteiger partial charge on any atom is -0.466 e. The van der Waals surface area contributed by atoms with Crippen LogP contribution in [0.5, 0.6) is 0 Å². The van der Waals surface area contributed by atoms with Crippen molar-refractivity contribution >= 4 is 78.9 Å². The lowest BCUT2D eigenvalue weighted by Gasteiger charge is -2.29. The number of piperazine rings is 1. The molecule has 0 aromatic carbocycles. The maximum Gasteiger partial charge on any atom is 0.307 e. The number of nitrogens with zero attached hydrogens (tertiary/aromatic N) is 2. The zero-order valence-electron chi connectivity index (χ0n) is 68.1. The summed E-state index contributed by atoms with van der Waals surface area (Å²) >= 11 is 0. The summed E-state index contributed by atoms with van der Waals surface area (Å²) in [6.07, 6.45) is 72.6. The van der Waals surface area contributed by atoms with E-state index in [1.807, 2.05) is 0 Å². The third-order valence-corrected chi connectivity index (χ3v) is 25.2. The van der Waals surface area contributed by atoms with Crippen LogP contribution in [0.15, 0.2) is 0 Å². The number of amides is 2. The van der Waals surface area contributed by atoms with Gasteiger partial charge in [0.2, 0.25) is 11.8 Å². The average Bonchev–Trinajstić information content (AvgIpc) is 0.850. The van der Waals surface area contributed by atoms with Crippen molar-refractivity contribution in [1.82, 2.24) is 20.4 Å². The van der Waals surface area contributed by atoms with Gasteiger partial charge in [0.15, 0.2) is 0 Å². The molecule has 1 fully saturated rings. The molecule has 14 nitrogen and oxygen atoms in total. The highest BCUT2D eigenvalue weighted by Gasteiger charge is 2.33. The molecule has 18 heteroatoms. The fourth-order valence-corrected chi connectivity index (χ4v) is 17.9. The quantitative estimate of drug-likeness (QED) is 0.0255. The predicted molar refractivity (Wildman–Crippen MR) is 450 cm³/mol. The van der Waals surface area contributed by atoms with Gasteiger partial charge in [-0.15, -0.1) is 0 Å². The fourth-order valence-electron chi connectivity index (χ4n) is 13.5. The number of ether oxygens (including phenoxy) is 4. The van der Waals surface area contributed by atoms with E-state index in [0.717, 1.165) is 51.4 Å². The molecule has 0 saturated carbocycles. The zero-order valence-corrected chi connectivity index (χ0v) is 71.4. The first-order valence-corrected chi connectivity index (χ1v) is 49.3. The number of rotatable bonds is 84. The minimum atomic E-state index is -0.653. The van der Waals surface area contributed by atoms with Crippen molar-refractivity contribution in [3.63, 3.8) is 0 Å². The summed E-state index contributed by atoms with van der Waals surface area (Å²) in [6, 6.07) is -1.31. The Labute approximate surface area is 656 Å². The highest BCUT2D eigenvalue weighted by Crippen LogP contribution is 2.26. The SMILES string of the molecule is CCCCCCCCCCCCCCCCOC(=O)CCN(CCSSCC1NC(=O)C(CSSCCN(CCC(=O)OCCCCCCCCCCCCCCCC)CCC(=O)OCCCCCCCCCCCCCCCC)NC1=O)CCC(=O)OCCCCCCCCCCCCCCCC. The van der Waals surface area contributed by atoms with Crippen molar-refractivity contribution in [2.75, 3.05) is 88.7 Å². The van der Waals surface area contributed by atoms with Crippen LogP contribution in [0.3, 0.4) is 0 Å². The van der Waals surface area contributed by atoms with Gasteiger partial charge in [-0.25, -0.2) is 0 Å². The number of hydrogen-bond acceptors (Lipinski definition) is 16. The topological polar surface area (TPSA) is 170 Å². The van der Waals surface area contributed by atoms with E-state index < -0.39 is 12.1 Å². The Balaban J connectivity index is 2.58. The van der Waals surface area contributed by atoms with Crippen molar-refractivity contribution in [2.24, 2.45) is 0 Å². The lowest BCUT2D eigenvalue weighted by Crippen LogP contribution is -2.63. The van der Waals surface area contributed by atoms with E-state index in [-0.39, 0.29) is 61.4 Å². The number of carbonyl (C=O) groups is 6. The first kappa shape index (κ1) is 100. The molecular weight excluding hydrogens is 1380 g/mol. The highest BCUT2D eigenvalue weighted by atomic mass is 33.1. The second-order valence-electron chi connectivity index (χ2n) is 30.3. The Morgan fingerprint density at radius 2 is 0.433 bits per heavy atom. The van der Waals surface area contributed by atoms with E-state index in [1.165, 1.54) is 330 Å². The first-order valence-electron chi connectivity index (χ1n) is 44.3. The first-order chi connectivity index (χ1) is 51.1. The highest BCUT2D eigenvalue weighted by molar-refractivity contribution is 8.77. The molecule has 1 aliphatic rings. The Morgan fingerprint density at radius 1 is 0.260 bits per heavy atom. The van der Waals surface area contributed by atoms with Crippen molar-refractivity contribution in [1.29, 1.82) is 0 Å². The molecule has 1 rings (SSSR count). The number of nitrogens with one attached hydrogen (secondary N) is 2. The molecular formula is C86H164N4O10S4. The smallest absolute Gasteiger partial charge is 0.307 e. The molecule has 1 saturated heterocycles. The molecule has 0 radical (unpaired) electrons. The largest absolute Gasteiger partial charge is 0.466 e. The fraction of sp³-hybridized carbons (Fsp3) is 0.930. The summed E-state index contributed by atoms with van der Waals surface area (Å²) in [5.41, 5.74) is 0. The van der Waals surface area contributed by atoms with Gasteiger partial charge in [-0.3, -0.25) is 28.8 Å². The number of esters is 4. The van der Waals surface area contributed by atoms with Gasteiger partial charge in [-0.05, 0) is 25.7 Å². The molecule has 2 atom stereocenters. The van der Waals surface area contributed by atoms with Crippen LogP contribution in [0.1, 0.15) is 413 Å². The number of hydrogen-bond donors (Lipinski definition) is 2. The van der Waals surface area contributed by atoms with Gasteiger partial charge >= 0.3 is 23.9 Å². The van der Waals surface area contributed by atoms with Gasteiger partial charge in [0.1, 0.15) is 12.1 Å². The summed E-state index contributed by atoms with van der Waals surface area (Å²) in [6.45, 7) is 14.1. The van der Waals surface area contributed by atoms with E-state index in [2.05, 4.69) is 48.1 Å². The summed E-state index contributed by atoms with van der Waals surface area (Å²) in [7, 11) is 6.29. The van der Waals surface area contributed by atoms with Crippen LogP contribution >= 0.6 is 43.2 Å². The molecule has 612 valence electrons. The molecule has 2 unspecified atom stereocenters. The second-order valence-corrected chi connectivity index (χ2v) is 35.5. The van der Waals surface area contributed by atoms with Crippen LogP contribution < -0.4 is 10.6 Å². The second kappa shape index (κ2) is 80.7. The monoisotopic (exact) mass is 1540 g/mol. The van der Waals surface area contributed by atoms with Gasteiger partial charge in [0, 0.05) is 62.3 Å². The summed E-state index contributed by atoms with van der Waals surface area (Å²) in [4.78, 5) is 82.7. The Kier molecular flexibility index (Phi) is 77.7. The molecule has 0 spiro atoms. The van der Waals surface area contributed by atoms with E-state index in [1.54, 1.807) is 21.6 Å². The van der Waals surface area contributed by atoms with Crippen LogP contribution in [0.4, 0.5) is 0 Å². The molecule has 0 aromatic rings. The molecule has 2 N–H and O–H groups in total. The van der Waals surface area contributed by atoms with Crippen LogP contribution in [0.2, 0.25) is 0 Å². The van der Waals surface area contributed by atoms with E-state index in [0.29, 0.717) is 88.7 Å². The lowest BCUT2D eigenvalue weighted by atomic mass is 10.0. The normalized spacial score (nSPS) is 13.8. The zero-order chi connectivity index (χ0) is 75.2. The number of unbranched alkanes of at least 4 members (excludes halogenated alkanes) is 52. The Hall–Kier alpha value is -1.86. The molecule has 1 aliphatic heterocycles. The van der Waals surface area contributed by atoms with Crippen LogP contribution in [-0.2, 0) is 47.7 Å². The minimum absolute atomic E-state index is 0.200. The maximum absolute atomic E-state index is 13.4. The van der Waals surface area contributed by atoms with Crippen molar-refractivity contribution in [3.8, 4) is 0 Å². The van der Waals surface area contributed by atoms with Crippen molar-refractivity contribution in [3.05, 3.63) is 0 Å². The third kappa shape index (κ3) is 70.5. The standard InChI is InChI=1S/C86H164N4O10S4/c1-5-9-13-17-21-25-29-33-37-41-45-49-53-57-71-97-81(91)61-65-89(66-62-82(92)98-72-58-54-50-46-42-38-34-30-26-22-18-14-10-6-2)69-75-101-103-77-79-85(95)88-80(86(96)87-79)78-104-102-76-70-90(67-63-83(93)99-73-59-55-51-47-43-39-35-31-27-23-19-15-11-7-3)68-64-84(94)100-74-60-56-52-48-44-40-36-32-28-24-20-16-12-8-4/h79-80H,5-78H2,1-4H3,(H,87,96)(H,88,95). The maximum atomic E-state index is 13.4. The molecule has 0 bridgehead atoms. The summed E-state index contributed by atoms with van der Waals surface area (Å²) in [5, 5.41) is 5.92. The molecule has 1 heterocycles. The van der Waals surface area contributed by atoms with Crippen LogP contribution in [0, 0.1) is 0 Å². The van der Waals surface area contributed by atoms with Gasteiger partial charge in [-0.1, -0.05) is 405 Å². The Morgan fingerprint density at radius 3 is 0.615 bits per heavy atom. The lowest BCUT2D eigenvalue weighted by molar-refractivity contribution is -0.146. The van der Waals surface area contributed by atoms with Crippen LogP contribution in [-0.4, -0.2) is 146 Å². The van der Waals surface area contributed by atoms with Gasteiger partial charge in [0.05, 0.1) is 52.1 Å². The van der Waals surface area contributed by atoms with Gasteiger partial charge < -0.3 is 39.4 Å². The molecule has 0 aromatic heterocycles. The molecule has 104 heavy (non-hydrogen) atoms. The summed E-state index contributed by atoms with van der Waals surface area (Å²) in [5.74, 6) is 0.988. The van der Waals surface area contributed by atoms with Crippen molar-refractivity contribution in [2.45, 2.75) is 425 Å². The van der Waals surface area contributed by atoms with E-state index in [4.69, 9.17) is 18.9 Å².